The molecule has 0 bridgehead atoms. The average Bonchev–Trinajstić information content (AvgIpc) is 3.07. The van der Waals surface area contributed by atoms with Gasteiger partial charge >= 0.3 is 0 Å². The van der Waals surface area contributed by atoms with Crippen molar-refractivity contribution in [3.63, 3.8) is 0 Å². The molecule has 1 fully saturated rings. The Morgan fingerprint density at radius 3 is 2.45 bits per heavy atom. The molecule has 8 heteroatoms. The van der Waals surface area contributed by atoms with Crippen LogP contribution in [0.5, 0.6) is 17.2 Å². The molecule has 0 N–H and O–H groups in total. The number of hydrogen-bond donors (Lipinski definition) is 0. The van der Waals surface area contributed by atoms with E-state index in [0.29, 0.717) is 53.7 Å². The molecule has 33 heavy (non-hydrogen) atoms. The average molecular weight is 486 g/mol. The van der Waals surface area contributed by atoms with Crippen molar-refractivity contribution in [3.05, 3.63) is 71.2 Å². The first-order valence-electron chi connectivity index (χ1n) is 10.5. The lowest BCUT2D eigenvalue weighted by molar-refractivity contribution is -0.121. The third kappa shape index (κ3) is 7.08. The second-order valence-electron chi connectivity index (χ2n) is 7.11. The summed E-state index contributed by atoms with van der Waals surface area (Å²) in [6, 6.07) is 13.4. The van der Waals surface area contributed by atoms with Crippen molar-refractivity contribution in [2.75, 3.05) is 40.1 Å². The van der Waals surface area contributed by atoms with E-state index < -0.39 is 0 Å². The molecule has 1 aliphatic heterocycles. The zero-order valence-corrected chi connectivity index (χ0v) is 20.4. The molecule has 1 heterocycles. The van der Waals surface area contributed by atoms with Crippen LogP contribution in [0.15, 0.2) is 60.0 Å². The van der Waals surface area contributed by atoms with Gasteiger partial charge in [0.2, 0.25) is 0 Å². The maximum Gasteiger partial charge on any atom is 0.266 e. The van der Waals surface area contributed by atoms with E-state index >= 15 is 0 Å². The highest BCUT2D eigenvalue weighted by molar-refractivity contribution is 8.26. The maximum absolute atomic E-state index is 12.5. The Morgan fingerprint density at radius 1 is 1.03 bits per heavy atom. The minimum atomic E-state index is -0.118. The fraction of sp³-hybridized carbons (Fsp3) is 0.280. The molecule has 0 spiro atoms. The Morgan fingerprint density at radius 2 is 1.76 bits per heavy atom. The maximum atomic E-state index is 12.5. The molecule has 2 aromatic rings. The first-order chi connectivity index (χ1) is 16.0. The number of hydrogen-bond acceptors (Lipinski definition) is 7. The molecule has 0 aromatic heterocycles. The van der Waals surface area contributed by atoms with Crippen LogP contribution in [-0.4, -0.2) is 55.2 Å². The largest absolute Gasteiger partial charge is 0.493 e. The number of nitrogens with zero attached hydrogens (tertiary/aromatic N) is 1. The van der Waals surface area contributed by atoms with Crippen LogP contribution in [0, 0.1) is 6.92 Å². The first-order valence-corrected chi connectivity index (χ1v) is 11.7. The summed E-state index contributed by atoms with van der Waals surface area (Å²) in [6.07, 6.45) is 3.45. The molecule has 0 atom stereocenters. The van der Waals surface area contributed by atoms with Crippen LogP contribution in [-0.2, 0) is 9.53 Å². The standard InChI is InChI=1S/C25H27NO5S2/c1-4-11-26-24(27)23(33-25(26)32)17-19-7-10-21(22(16-19)28-3)31-15-13-29-12-14-30-20-8-5-18(2)6-9-20/h4-10,16-17H,1,11-15H2,2-3H3/b23-17+. The van der Waals surface area contributed by atoms with Crippen LogP contribution in [0.1, 0.15) is 11.1 Å². The fourth-order valence-electron chi connectivity index (χ4n) is 3.00. The van der Waals surface area contributed by atoms with Gasteiger partial charge in [-0.3, -0.25) is 9.69 Å². The molecule has 2 aromatic carbocycles. The number of aryl methyl sites for hydroxylation is 1. The van der Waals surface area contributed by atoms with Gasteiger partial charge in [-0.15, -0.1) is 6.58 Å². The SMILES string of the molecule is C=CCN1C(=O)/C(=C\c2ccc(OCCOCCOc3ccc(C)cc3)c(OC)c2)SC1=S. The minimum absolute atomic E-state index is 0.118. The molecule has 3 rings (SSSR count). The number of amides is 1. The van der Waals surface area contributed by atoms with E-state index in [2.05, 4.69) is 6.58 Å². The highest BCUT2D eigenvalue weighted by Crippen LogP contribution is 2.34. The normalized spacial score (nSPS) is 14.6. The van der Waals surface area contributed by atoms with E-state index in [4.69, 9.17) is 31.2 Å². The Kier molecular flexibility index (Phi) is 9.35. The van der Waals surface area contributed by atoms with Crippen LogP contribution in [0.25, 0.3) is 6.08 Å². The van der Waals surface area contributed by atoms with Gasteiger partial charge in [0, 0.05) is 6.54 Å². The van der Waals surface area contributed by atoms with Gasteiger partial charge < -0.3 is 18.9 Å². The van der Waals surface area contributed by atoms with Gasteiger partial charge in [-0.1, -0.05) is 53.8 Å². The van der Waals surface area contributed by atoms with Gasteiger partial charge in [-0.25, -0.2) is 0 Å². The lowest BCUT2D eigenvalue weighted by atomic mass is 10.2. The van der Waals surface area contributed by atoms with Crippen molar-refractivity contribution >= 4 is 40.3 Å². The monoisotopic (exact) mass is 485 g/mol. The number of rotatable bonds is 12. The molecular formula is C25H27NO5S2. The van der Waals surface area contributed by atoms with E-state index in [1.807, 2.05) is 49.4 Å². The smallest absolute Gasteiger partial charge is 0.266 e. The summed E-state index contributed by atoms with van der Waals surface area (Å²) in [5.41, 5.74) is 2.02. The molecule has 0 radical (unpaired) electrons. The van der Waals surface area contributed by atoms with E-state index in [0.717, 1.165) is 11.3 Å². The van der Waals surface area contributed by atoms with Crippen molar-refractivity contribution in [3.8, 4) is 17.2 Å². The second-order valence-corrected chi connectivity index (χ2v) is 8.79. The Labute approximate surface area is 204 Å². The second kappa shape index (κ2) is 12.4. The molecule has 1 aliphatic rings. The third-order valence-electron chi connectivity index (χ3n) is 4.67. The number of thiocarbonyl (C=S) groups is 1. The zero-order chi connectivity index (χ0) is 23.6. The van der Waals surface area contributed by atoms with Crippen LogP contribution in [0.2, 0.25) is 0 Å². The third-order valence-corrected chi connectivity index (χ3v) is 6.05. The van der Waals surface area contributed by atoms with Gasteiger partial charge in [-0.05, 0) is 42.8 Å². The molecule has 1 amide bonds. The lowest BCUT2D eigenvalue weighted by Crippen LogP contribution is -2.27. The minimum Gasteiger partial charge on any atom is -0.493 e. The summed E-state index contributed by atoms with van der Waals surface area (Å²) in [5, 5.41) is 0. The van der Waals surface area contributed by atoms with Crippen LogP contribution < -0.4 is 14.2 Å². The molecular weight excluding hydrogens is 458 g/mol. The number of benzene rings is 2. The van der Waals surface area contributed by atoms with Crippen LogP contribution >= 0.6 is 24.0 Å². The molecule has 0 saturated carbocycles. The first kappa shape index (κ1) is 24.8. The van der Waals surface area contributed by atoms with E-state index in [1.165, 1.54) is 22.2 Å². The fourth-order valence-corrected chi connectivity index (χ4v) is 4.27. The van der Waals surface area contributed by atoms with Gasteiger partial charge in [0.05, 0.1) is 25.2 Å². The summed E-state index contributed by atoms with van der Waals surface area (Å²) < 4.78 is 23.0. The Balaban J connectivity index is 1.46. The zero-order valence-electron chi connectivity index (χ0n) is 18.7. The number of carbonyl (C=O) groups excluding carboxylic acids is 1. The van der Waals surface area contributed by atoms with E-state index in [9.17, 15) is 4.79 Å². The highest BCUT2D eigenvalue weighted by atomic mass is 32.2. The van der Waals surface area contributed by atoms with Crippen molar-refractivity contribution in [1.82, 2.24) is 4.90 Å². The topological polar surface area (TPSA) is 57.2 Å². The summed E-state index contributed by atoms with van der Waals surface area (Å²) in [4.78, 5) is 14.6. The van der Waals surface area contributed by atoms with Gasteiger partial charge in [0.25, 0.3) is 5.91 Å². The number of thioether (sulfide) groups is 1. The van der Waals surface area contributed by atoms with Crippen LogP contribution in [0.3, 0.4) is 0 Å². The van der Waals surface area contributed by atoms with Gasteiger partial charge in [0.15, 0.2) is 11.5 Å². The predicted molar refractivity (Wildman–Crippen MR) is 136 cm³/mol. The summed E-state index contributed by atoms with van der Waals surface area (Å²) in [5.74, 6) is 1.89. The Hall–Kier alpha value is -2.81. The van der Waals surface area contributed by atoms with Gasteiger partial charge in [-0.2, -0.15) is 0 Å². The van der Waals surface area contributed by atoms with Crippen molar-refractivity contribution in [2.45, 2.75) is 6.92 Å². The van der Waals surface area contributed by atoms with E-state index in [-0.39, 0.29) is 5.91 Å². The van der Waals surface area contributed by atoms with Gasteiger partial charge in [0.1, 0.15) is 23.3 Å². The van der Waals surface area contributed by atoms with Crippen molar-refractivity contribution in [2.24, 2.45) is 0 Å². The molecule has 0 aliphatic carbocycles. The molecule has 0 unspecified atom stereocenters. The lowest BCUT2D eigenvalue weighted by Gasteiger charge is -2.12. The predicted octanol–water partition coefficient (Wildman–Crippen LogP) is 4.87. The van der Waals surface area contributed by atoms with E-state index in [1.54, 1.807) is 19.3 Å². The quantitative estimate of drug-likeness (QED) is 0.184. The van der Waals surface area contributed by atoms with Crippen LogP contribution in [0.4, 0.5) is 0 Å². The molecule has 1 saturated heterocycles. The number of carbonyl (C=O) groups is 1. The van der Waals surface area contributed by atoms with Crippen molar-refractivity contribution in [1.29, 1.82) is 0 Å². The summed E-state index contributed by atoms with van der Waals surface area (Å²) in [6.45, 7) is 7.85. The number of methoxy groups -OCH3 is 1. The number of ether oxygens (including phenoxy) is 4. The van der Waals surface area contributed by atoms with Crippen molar-refractivity contribution < 1.29 is 23.7 Å². The highest BCUT2D eigenvalue weighted by Gasteiger charge is 2.31. The summed E-state index contributed by atoms with van der Waals surface area (Å²) in [7, 11) is 1.58. The Bertz CT molecular complexity index is 1020. The molecule has 6 nitrogen and oxygen atoms in total. The molecule has 174 valence electrons. The summed E-state index contributed by atoms with van der Waals surface area (Å²) >= 11 is 6.55.